The van der Waals surface area contributed by atoms with E-state index < -0.39 is 12.0 Å². The van der Waals surface area contributed by atoms with Gasteiger partial charge in [-0.3, -0.25) is 0 Å². The molecule has 2 heterocycles. The number of aromatic nitrogens is 4. The molecule has 0 fully saturated rings. The molecule has 1 aromatic carbocycles. The van der Waals surface area contributed by atoms with Gasteiger partial charge in [-0.15, -0.1) is 10.2 Å². The number of alkyl halides is 3. The van der Waals surface area contributed by atoms with Crippen LogP contribution >= 0.6 is 0 Å². The summed E-state index contributed by atoms with van der Waals surface area (Å²) in [5, 5.41) is 19.9. The summed E-state index contributed by atoms with van der Waals surface area (Å²) >= 11 is 0. The van der Waals surface area contributed by atoms with Crippen molar-refractivity contribution in [2.45, 2.75) is 13.1 Å². The van der Waals surface area contributed by atoms with Crippen molar-refractivity contribution >= 4 is 5.65 Å². The lowest BCUT2D eigenvalue weighted by molar-refractivity contribution is -0.146. The van der Waals surface area contributed by atoms with E-state index in [4.69, 9.17) is 0 Å². The Morgan fingerprint density at radius 2 is 1.86 bits per heavy atom. The molecule has 0 radical (unpaired) electrons. The average molecular weight is 294 g/mol. The van der Waals surface area contributed by atoms with Gasteiger partial charge in [0.05, 0.1) is 5.69 Å². The van der Waals surface area contributed by atoms with Gasteiger partial charge in [-0.1, -0.05) is 0 Å². The number of nitrogens with zero attached hydrogens (tertiary/aromatic N) is 4. The molecule has 0 saturated carbocycles. The zero-order chi connectivity index (χ0) is 15.2. The van der Waals surface area contributed by atoms with Crippen LogP contribution in [-0.4, -0.2) is 24.9 Å². The molecule has 8 heteroatoms. The van der Waals surface area contributed by atoms with Gasteiger partial charge in [0.15, 0.2) is 5.65 Å². The number of aryl methyl sites for hydroxylation is 1. The van der Waals surface area contributed by atoms with Gasteiger partial charge in [0.25, 0.3) is 5.82 Å². The molecule has 0 spiro atoms. The first-order chi connectivity index (χ1) is 9.86. The largest absolute Gasteiger partial charge is 0.508 e. The number of halogens is 3. The fourth-order valence-corrected chi connectivity index (χ4v) is 2.04. The highest BCUT2D eigenvalue weighted by molar-refractivity contribution is 5.65. The van der Waals surface area contributed by atoms with Crippen molar-refractivity contribution in [1.29, 1.82) is 0 Å². The molecule has 1 N–H and O–H groups in total. The van der Waals surface area contributed by atoms with Gasteiger partial charge < -0.3 is 5.11 Å². The number of phenolic OH excluding ortho intramolecular Hbond substituents is 1. The second-order valence-corrected chi connectivity index (χ2v) is 4.51. The van der Waals surface area contributed by atoms with E-state index in [1.54, 1.807) is 19.1 Å². The molecule has 0 atom stereocenters. The van der Waals surface area contributed by atoms with Crippen molar-refractivity contribution in [2.75, 3.05) is 0 Å². The van der Waals surface area contributed by atoms with Crippen LogP contribution in [0.25, 0.3) is 16.9 Å². The predicted molar refractivity (Wildman–Crippen MR) is 67.6 cm³/mol. The Labute approximate surface area is 116 Å². The lowest BCUT2D eigenvalue weighted by Gasteiger charge is -2.07. The van der Waals surface area contributed by atoms with E-state index in [9.17, 15) is 18.3 Å². The van der Waals surface area contributed by atoms with Crippen LogP contribution in [0.4, 0.5) is 13.2 Å². The fraction of sp³-hybridized carbons (Fsp3) is 0.154. The molecule has 3 rings (SSSR count). The van der Waals surface area contributed by atoms with E-state index in [-0.39, 0.29) is 11.4 Å². The van der Waals surface area contributed by atoms with Crippen molar-refractivity contribution in [2.24, 2.45) is 0 Å². The Morgan fingerprint density at radius 1 is 1.10 bits per heavy atom. The van der Waals surface area contributed by atoms with Crippen LogP contribution in [0.5, 0.6) is 5.75 Å². The third-order valence-corrected chi connectivity index (χ3v) is 3.00. The third-order valence-electron chi connectivity index (χ3n) is 3.00. The van der Waals surface area contributed by atoms with E-state index in [1.165, 1.54) is 18.2 Å². The first-order valence-corrected chi connectivity index (χ1v) is 5.96. The van der Waals surface area contributed by atoms with E-state index in [2.05, 4.69) is 15.3 Å². The van der Waals surface area contributed by atoms with Crippen LogP contribution in [0.2, 0.25) is 0 Å². The van der Waals surface area contributed by atoms with E-state index in [1.807, 2.05) is 0 Å². The first-order valence-electron chi connectivity index (χ1n) is 5.96. The normalized spacial score (nSPS) is 12.0. The summed E-state index contributed by atoms with van der Waals surface area (Å²) in [4.78, 5) is 0. The number of fused-ring (bicyclic) bond motifs is 1. The highest BCUT2D eigenvalue weighted by Crippen LogP contribution is 2.29. The Morgan fingerprint density at radius 3 is 2.52 bits per heavy atom. The maximum atomic E-state index is 12.8. The smallest absolute Gasteiger partial charge is 0.453 e. The molecule has 5 nitrogen and oxygen atoms in total. The topological polar surface area (TPSA) is 63.3 Å². The summed E-state index contributed by atoms with van der Waals surface area (Å²) in [7, 11) is 0. The number of benzene rings is 1. The zero-order valence-electron chi connectivity index (χ0n) is 10.8. The van der Waals surface area contributed by atoms with Gasteiger partial charge in [0.1, 0.15) is 5.75 Å². The molecule has 0 aliphatic carbocycles. The van der Waals surface area contributed by atoms with Crippen molar-refractivity contribution in [3.05, 3.63) is 41.7 Å². The lowest BCUT2D eigenvalue weighted by atomic mass is 10.1. The van der Waals surface area contributed by atoms with Crippen LogP contribution in [0.1, 0.15) is 11.4 Å². The van der Waals surface area contributed by atoms with Crippen LogP contribution in [0.15, 0.2) is 30.3 Å². The molecular formula is C13H9F3N4O. The van der Waals surface area contributed by atoms with E-state index in [0.717, 1.165) is 0 Å². The summed E-state index contributed by atoms with van der Waals surface area (Å²) in [5.41, 5.74) is 1.67. The molecule has 0 unspecified atom stereocenters. The monoisotopic (exact) mass is 294 g/mol. The van der Waals surface area contributed by atoms with Crippen molar-refractivity contribution in [3.63, 3.8) is 0 Å². The Kier molecular flexibility index (Phi) is 2.82. The number of aromatic hydroxyl groups is 1. The lowest BCUT2D eigenvalue weighted by Crippen LogP contribution is -2.12. The maximum Gasteiger partial charge on any atom is 0.453 e. The molecule has 0 aliphatic rings. The predicted octanol–water partition coefficient (Wildman–Crippen LogP) is 2.82. The molecule has 0 aliphatic heterocycles. The highest BCUT2D eigenvalue weighted by Gasteiger charge is 2.37. The standard InChI is InChI=1S/C13H9F3N4O/c1-7-6-8(21)2-3-9(7)10-4-5-11-17-18-12(13(14,15)16)20(11)19-10/h2-6,21H,1H3. The molecule has 2 aromatic heterocycles. The second kappa shape index (κ2) is 4.44. The van der Waals surface area contributed by atoms with E-state index in [0.29, 0.717) is 21.3 Å². The molecule has 0 amide bonds. The zero-order valence-corrected chi connectivity index (χ0v) is 10.8. The van der Waals surface area contributed by atoms with Gasteiger partial charge in [0.2, 0.25) is 0 Å². The summed E-state index contributed by atoms with van der Waals surface area (Å²) in [6.45, 7) is 1.73. The maximum absolute atomic E-state index is 12.8. The van der Waals surface area contributed by atoms with Gasteiger partial charge in [-0.2, -0.15) is 22.8 Å². The van der Waals surface area contributed by atoms with E-state index >= 15 is 0 Å². The minimum atomic E-state index is -4.63. The van der Waals surface area contributed by atoms with Crippen molar-refractivity contribution in [3.8, 4) is 17.0 Å². The second-order valence-electron chi connectivity index (χ2n) is 4.51. The van der Waals surface area contributed by atoms with Crippen molar-refractivity contribution < 1.29 is 18.3 Å². The summed E-state index contributed by atoms with van der Waals surface area (Å²) in [5.74, 6) is -1.09. The summed E-state index contributed by atoms with van der Waals surface area (Å²) in [6.07, 6.45) is -4.63. The average Bonchev–Trinajstić information content (AvgIpc) is 2.81. The van der Waals surface area contributed by atoms with Gasteiger partial charge in [-0.05, 0) is 42.8 Å². The number of hydrogen-bond donors (Lipinski definition) is 1. The van der Waals surface area contributed by atoms with Crippen LogP contribution in [0, 0.1) is 6.92 Å². The van der Waals surface area contributed by atoms with Crippen LogP contribution in [0.3, 0.4) is 0 Å². The Balaban J connectivity index is 2.20. The fourth-order valence-electron chi connectivity index (χ4n) is 2.04. The quantitative estimate of drug-likeness (QED) is 0.749. The van der Waals surface area contributed by atoms with Crippen LogP contribution < -0.4 is 0 Å². The number of hydrogen-bond acceptors (Lipinski definition) is 4. The minimum Gasteiger partial charge on any atom is -0.508 e. The third kappa shape index (κ3) is 2.28. The Hall–Kier alpha value is -2.64. The van der Waals surface area contributed by atoms with Gasteiger partial charge >= 0.3 is 6.18 Å². The van der Waals surface area contributed by atoms with Crippen LogP contribution in [-0.2, 0) is 6.18 Å². The molecule has 21 heavy (non-hydrogen) atoms. The molecule has 0 saturated heterocycles. The highest BCUT2D eigenvalue weighted by atomic mass is 19.4. The first kappa shape index (κ1) is 13.3. The van der Waals surface area contributed by atoms with Gasteiger partial charge in [0, 0.05) is 5.56 Å². The number of phenols is 1. The minimum absolute atomic E-state index is 0.0162. The molecule has 3 aromatic rings. The SMILES string of the molecule is Cc1cc(O)ccc1-c1ccc2nnc(C(F)(F)F)n2n1. The molecule has 108 valence electrons. The van der Waals surface area contributed by atoms with Gasteiger partial charge in [-0.25, -0.2) is 0 Å². The summed E-state index contributed by atoms with van der Waals surface area (Å²) in [6, 6.07) is 7.53. The molecule has 0 bridgehead atoms. The summed E-state index contributed by atoms with van der Waals surface area (Å²) < 4.78 is 39.1. The number of rotatable bonds is 1. The Bertz CT molecular complexity index is 826. The molecular weight excluding hydrogens is 285 g/mol. The van der Waals surface area contributed by atoms with Crippen molar-refractivity contribution in [1.82, 2.24) is 19.8 Å².